The van der Waals surface area contributed by atoms with Gasteiger partial charge in [0.05, 0.1) is 0 Å². The van der Waals surface area contributed by atoms with Crippen LogP contribution in [0, 0.1) is 0 Å². The quantitative estimate of drug-likeness (QED) is 0.897. The number of halogens is 1. The molecule has 0 spiro atoms. The van der Waals surface area contributed by atoms with Gasteiger partial charge >= 0.3 is 0 Å². The molecule has 1 aromatic heterocycles. The number of carbonyl (C=O) groups is 2. The van der Waals surface area contributed by atoms with Gasteiger partial charge in [0.2, 0.25) is 11.8 Å². The first-order valence-electron chi connectivity index (χ1n) is 7.97. The number of carbonyl (C=O) groups excluding carboxylic acids is 2. The van der Waals surface area contributed by atoms with Crippen molar-refractivity contribution >= 4 is 29.1 Å². The number of hydrogen-bond acceptors (Lipinski definition) is 4. The highest BCUT2D eigenvalue weighted by molar-refractivity contribution is 6.30. The van der Waals surface area contributed by atoms with Crippen LogP contribution in [0.3, 0.4) is 0 Å². The molecule has 1 saturated heterocycles. The van der Waals surface area contributed by atoms with E-state index >= 15 is 0 Å². The maximum Gasteiger partial charge on any atom is 0.280 e. The van der Waals surface area contributed by atoms with Crippen molar-refractivity contribution in [3.8, 4) is 0 Å². The molecule has 1 aromatic carbocycles. The number of nitrogens with zero attached hydrogens (tertiary/aromatic N) is 2. The molecular weight excluding hydrogens is 346 g/mol. The van der Waals surface area contributed by atoms with Crippen LogP contribution < -0.4 is 10.5 Å². The Balaban J connectivity index is 1.64. The van der Waals surface area contributed by atoms with Gasteiger partial charge < -0.3 is 14.3 Å². The molecule has 8 heteroatoms. The van der Waals surface area contributed by atoms with Crippen molar-refractivity contribution < 1.29 is 14.1 Å². The maximum atomic E-state index is 12.5. The average Bonchev–Trinajstić information content (AvgIpc) is 3.00. The summed E-state index contributed by atoms with van der Waals surface area (Å²) in [6, 6.07) is 8.29. The fraction of sp³-hybridized carbons (Fsp3) is 0.353. The molecule has 1 aliphatic heterocycles. The van der Waals surface area contributed by atoms with Gasteiger partial charge in [0.1, 0.15) is 12.3 Å². The molecule has 0 unspecified atom stereocenters. The molecule has 0 aliphatic carbocycles. The van der Waals surface area contributed by atoms with Crippen molar-refractivity contribution in [2.75, 3.05) is 18.0 Å². The second-order valence-electron chi connectivity index (χ2n) is 6.03. The summed E-state index contributed by atoms with van der Waals surface area (Å²) < 4.78 is 4.94. The maximum absolute atomic E-state index is 12.5. The Morgan fingerprint density at radius 1 is 1.36 bits per heavy atom. The minimum atomic E-state index is -0.332. The molecule has 7 nitrogen and oxygen atoms in total. The molecule has 3 rings (SSSR count). The number of nitrogens with one attached hydrogen (secondary N) is 1. The largest absolute Gasteiger partial charge is 0.384 e. The third kappa shape index (κ3) is 3.93. The van der Waals surface area contributed by atoms with Crippen LogP contribution in [0.5, 0.6) is 0 Å². The number of aryl methyl sites for hydroxylation is 1. The molecule has 0 saturated carbocycles. The Hall–Kier alpha value is -2.54. The van der Waals surface area contributed by atoms with Crippen LogP contribution in [0.15, 0.2) is 39.6 Å². The molecule has 0 radical (unpaired) electrons. The third-order valence-corrected chi connectivity index (χ3v) is 4.42. The second-order valence-corrected chi connectivity index (χ2v) is 6.47. The van der Waals surface area contributed by atoms with Crippen molar-refractivity contribution in [1.82, 2.24) is 10.1 Å². The van der Waals surface area contributed by atoms with E-state index in [1.54, 1.807) is 28.0 Å². The summed E-state index contributed by atoms with van der Waals surface area (Å²) in [5, 5.41) is 2.75. The average molecular weight is 364 g/mol. The normalized spacial score (nSPS) is 17.8. The topological polar surface area (TPSA) is 86.6 Å². The lowest BCUT2D eigenvalue weighted by molar-refractivity contribution is -0.139. The molecule has 1 N–H and O–H groups in total. The number of anilines is 1. The van der Waals surface area contributed by atoms with E-state index in [0.29, 0.717) is 23.7 Å². The van der Waals surface area contributed by atoms with Gasteiger partial charge in [-0.2, -0.15) is 5.16 Å². The van der Waals surface area contributed by atoms with Crippen LogP contribution in [0.1, 0.15) is 19.1 Å². The number of H-pyrrole nitrogens is 1. The highest BCUT2D eigenvalue weighted by Gasteiger charge is 2.33. The van der Waals surface area contributed by atoms with E-state index in [4.69, 9.17) is 16.1 Å². The molecule has 2 aromatic rings. The van der Waals surface area contributed by atoms with Gasteiger partial charge in [-0.25, -0.2) is 0 Å². The standard InChI is InChI=1S/C17H18ClN3O4/c1-11-9-21(13-4-2-3-12(18)7-13)17(24)10-20(11)16(23)6-5-14-8-15(22)19-25-14/h2-4,7-8,11H,5-6,9-10H2,1H3,(H,19,22)/t11-/m0/s1. The number of piperazine rings is 1. The molecule has 2 amide bonds. The molecule has 1 atom stereocenters. The second kappa shape index (κ2) is 7.14. The summed E-state index contributed by atoms with van der Waals surface area (Å²) in [4.78, 5) is 39.1. The first kappa shape index (κ1) is 17.3. The Morgan fingerprint density at radius 2 is 2.16 bits per heavy atom. The van der Waals surface area contributed by atoms with Gasteiger partial charge in [0.15, 0.2) is 0 Å². The zero-order valence-electron chi connectivity index (χ0n) is 13.7. The minimum absolute atomic E-state index is 0.0175. The molecule has 2 heterocycles. The van der Waals surface area contributed by atoms with Crippen molar-refractivity contribution in [1.29, 1.82) is 0 Å². The zero-order chi connectivity index (χ0) is 18.0. The number of amides is 2. The first-order valence-corrected chi connectivity index (χ1v) is 8.34. The van der Waals surface area contributed by atoms with Crippen LogP contribution >= 0.6 is 11.6 Å². The van der Waals surface area contributed by atoms with Crippen molar-refractivity contribution in [2.45, 2.75) is 25.8 Å². The molecular formula is C17H18ClN3O4. The third-order valence-electron chi connectivity index (χ3n) is 4.19. The number of benzene rings is 1. The molecule has 0 bridgehead atoms. The predicted molar refractivity (Wildman–Crippen MR) is 92.6 cm³/mol. The Morgan fingerprint density at radius 3 is 2.84 bits per heavy atom. The minimum Gasteiger partial charge on any atom is -0.384 e. The van der Waals surface area contributed by atoms with Crippen LogP contribution in [0.25, 0.3) is 0 Å². The number of aromatic nitrogens is 1. The van der Waals surface area contributed by atoms with Crippen LogP contribution in [-0.4, -0.2) is 41.0 Å². The zero-order valence-corrected chi connectivity index (χ0v) is 14.5. The van der Waals surface area contributed by atoms with Crippen LogP contribution in [0.2, 0.25) is 5.02 Å². The van der Waals surface area contributed by atoms with E-state index in [2.05, 4.69) is 5.16 Å². The molecule has 132 valence electrons. The fourth-order valence-corrected chi connectivity index (χ4v) is 3.08. The first-order chi connectivity index (χ1) is 11.9. The highest BCUT2D eigenvalue weighted by atomic mass is 35.5. The van der Waals surface area contributed by atoms with Gasteiger partial charge in [-0.05, 0) is 25.1 Å². The Bertz CT molecular complexity index is 844. The van der Waals surface area contributed by atoms with Gasteiger partial charge in [-0.3, -0.25) is 14.4 Å². The SMILES string of the molecule is C[C@H]1CN(c2cccc(Cl)c2)C(=O)CN1C(=O)CCc1cc(=O)[nH]o1. The number of hydrogen-bond donors (Lipinski definition) is 1. The number of aromatic amines is 1. The smallest absolute Gasteiger partial charge is 0.280 e. The summed E-state index contributed by atoms with van der Waals surface area (Å²) in [5.74, 6) is 0.132. The monoisotopic (exact) mass is 363 g/mol. The van der Waals surface area contributed by atoms with E-state index in [0.717, 1.165) is 5.69 Å². The Kier molecular flexibility index (Phi) is 4.94. The van der Waals surface area contributed by atoms with Gasteiger partial charge in [0, 0.05) is 42.2 Å². The molecule has 1 fully saturated rings. The summed E-state index contributed by atoms with van der Waals surface area (Å²) in [5.41, 5.74) is 0.395. The summed E-state index contributed by atoms with van der Waals surface area (Å²) >= 11 is 5.99. The summed E-state index contributed by atoms with van der Waals surface area (Å²) in [6.45, 7) is 2.33. The lowest BCUT2D eigenvalue weighted by Gasteiger charge is -2.39. The lowest BCUT2D eigenvalue weighted by Crippen LogP contribution is -2.57. The molecule has 1 aliphatic rings. The van der Waals surface area contributed by atoms with Crippen LogP contribution in [0.4, 0.5) is 5.69 Å². The fourth-order valence-electron chi connectivity index (χ4n) is 2.90. The van der Waals surface area contributed by atoms with Crippen molar-refractivity contribution in [3.05, 3.63) is 51.5 Å². The van der Waals surface area contributed by atoms with E-state index in [-0.39, 0.29) is 36.4 Å². The summed E-state index contributed by atoms with van der Waals surface area (Å²) in [7, 11) is 0. The summed E-state index contributed by atoms with van der Waals surface area (Å²) in [6.07, 6.45) is 0.489. The van der Waals surface area contributed by atoms with E-state index in [1.807, 2.05) is 13.0 Å². The van der Waals surface area contributed by atoms with Crippen molar-refractivity contribution in [2.24, 2.45) is 0 Å². The van der Waals surface area contributed by atoms with E-state index < -0.39 is 0 Å². The molecule has 25 heavy (non-hydrogen) atoms. The van der Waals surface area contributed by atoms with Gasteiger partial charge in [-0.1, -0.05) is 17.7 Å². The predicted octanol–water partition coefficient (Wildman–Crippen LogP) is 1.82. The van der Waals surface area contributed by atoms with Gasteiger partial charge in [0.25, 0.3) is 5.56 Å². The highest BCUT2D eigenvalue weighted by Crippen LogP contribution is 2.23. The lowest BCUT2D eigenvalue weighted by atomic mass is 10.1. The van der Waals surface area contributed by atoms with Crippen LogP contribution in [-0.2, 0) is 16.0 Å². The van der Waals surface area contributed by atoms with Crippen molar-refractivity contribution in [3.63, 3.8) is 0 Å². The number of rotatable bonds is 4. The van der Waals surface area contributed by atoms with E-state index in [1.165, 1.54) is 6.07 Å². The van der Waals surface area contributed by atoms with E-state index in [9.17, 15) is 14.4 Å². The van der Waals surface area contributed by atoms with Gasteiger partial charge in [-0.15, -0.1) is 0 Å². The Labute approximate surface area is 149 Å².